The monoisotopic (exact) mass is 936 g/mol. The van der Waals surface area contributed by atoms with E-state index in [1.54, 1.807) is 0 Å². The molecule has 3 atom stereocenters. The van der Waals surface area contributed by atoms with Crippen LogP contribution in [-0.2, 0) is 18.4 Å². The number of phosphoric acid groups is 1. The highest BCUT2D eigenvalue weighted by Gasteiger charge is 2.28. The van der Waals surface area contributed by atoms with Crippen LogP contribution in [0.2, 0.25) is 0 Å². The molecule has 0 aromatic rings. The molecule has 0 heterocycles. The molecule has 8 nitrogen and oxygen atoms in total. The highest BCUT2D eigenvalue weighted by atomic mass is 31.2. The van der Waals surface area contributed by atoms with Crippen molar-refractivity contribution in [3.05, 3.63) is 48.6 Å². The van der Waals surface area contributed by atoms with E-state index in [-0.39, 0.29) is 19.1 Å². The van der Waals surface area contributed by atoms with Gasteiger partial charge in [-0.1, -0.05) is 242 Å². The summed E-state index contributed by atoms with van der Waals surface area (Å²) in [6.45, 7) is 4.79. The Labute approximate surface area is 403 Å². The molecular formula is C56H108N2O6P+. The molecule has 0 aliphatic rings. The van der Waals surface area contributed by atoms with Gasteiger partial charge in [-0.05, 0) is 51.4 Å². The fourth-order valence-electron chi connectivity index (χ4n) is 8.04. The van der Waals surface area contributed by atoms with E-state index < -0.39 is 20.0 Å². The molecule has 9 heteroatoms. The number of unbranched alkanes of at least 4 members (excludes halogenated alkanes) is 29. The number of aliphatic hydroxyl groups is 1. The fraction of sp³-hybridized carbons (Fsp3) is 0.839. The van der Waals surface area contributed by atoms with Crippen LogP contribution in [0.1, 0.15) is 251 Å². The van der Waals surface area contributed by atoms with Crippen molar-refractivity contribution < 1.29 is 32.9 Å². The second-order valence-corrected chi connectivity index (χ2v) is 21.4. The van der Waals surface area contributed by atoms with Crippen LogP contribution in [0.3, 0.4) is 0 Å². The van der Waals surface area contributed by atoms with Gasteiger partial charge in [-0.3, -0.25) is 13.8 Å². The largest absolute Gasteiger partial charge is 0.472 e. The molecule has 0 aliphatic carbocycles. The Morgan fingerprint density at radius 1 is 0.538 bits per heavy atom. The zero-order valence-corrected chi connectivity index (χ0v) is 44.4. The van der Waals surface area contributed by atoms with E-state index in [0.717, 1.165) is 77.0 Å². The summed E-state index contributed by atoms with van der Waals surface area (Å²) in [5.74, 6) is -0.157. The highest BCUT2D eigenvalue weighted by molar-refractivity contribution is 7.47. The summed E-state index contributed by atoms with van der Waals surface area (Å²) in [6.07, 6.45) is 61.6. The third kappa shape index (κ3) is 50.2. The second kappa shape index (κ2) is 47.5. The standard InChI is InChI=1S/C56H107N2O6P/c1-6-8-10-12-14-16-18-20-22-24-26-27-28-29-30-32-33-35-37-39-41-43-45-47-49-55(59)54(53-64-65(61,62)63-52-51-58(3,4)5)57-56(60)50-48-46-44-42-40-38-36-34-31-25-23-21-19-17-15-13-11-9-7-2/h9,11,15,17,21,23,31,34,54-55,59H,6-8,10,12-14,16,18-20,22,24-30,32-33,35-53H2,1-5H3,(H-,57,60,61,62)/p+1/b11-9-,17-15-,23-21-,34-31-. The molecule has 382 valence electrons. The number of nitrogens with zero attached hydrogens (tertiary/aromatic N) is 1. The Morgan fingerprint density at radius 2 is 0.923 bits per heavy atom. The molecule has 0 saturated carbocycles. The average molecular weight is 936 g/mol. The first-order chi connectivity index (χ1) is 31.5. The molecule has 65 heavy (non-hydrogen) atoms. The van der Waals surface area contributed by atoms with Gasteiger partial charge in [0.1, 0.15) is 13.2 Å². The smallest absolute Gasteiger partial charge is 0.391 e. The number of allylic oxidation sites excluding steroid dienone is 8. The Balaban J connectivity index is 4.22. The van der Waals surface area contributed by atoms with Crippen LogP contribution in [0.5, 0.6) is 0 Å². The number of aliphatic hydroxyl groups excluding tert-OH is 1. The minimum absolute atomic E-state index is 0.0703. The van der Waals surface area contributed by atoms with Crippen LogP contribution in [0.15, 0.2) is 48.6 Å². The first kappa shape index (κ1) is 63.5. The van der Waals surface area contributed by atoms with Crippen LogP contribution in [0.25, 0.3) is 0 Å². The number of nitrogens with one attached hydrogen (secondary N) is 1. The summed E-state index contributed by atoms with van der Waals surface area (Å²) in [5.41, 5.74) is 0. The van der Waals surface area contributed by atoms with Gasteiger partial charge in [0.25, 0.3) is 0 Å². The zero-order valence-electron chi connectivity index (χ0n) is 43.5. The van der Waals surface area contributed by atoms with Crippen molar-refractivity contribution in [2.45, 2.75) is 264 Å². The third-order valence-corrected chi connectivity index (χ3v) is 13.3. The Morgan fingerprint density at radius 3 is 1.35 bits per heavy atom. The van der Waals surface area contributed by atoms with Crippen molar-refractivity contribution in [2.24, 2.45) is 0 Å². The molecular weight excluding hydrogens is 828 g/mol. The first-order valence-corrected chi connectivity index (χ1v) is 29.0. The molecule has 3 unspecified atom stereocenters. The summed E-state index contributed by atoms with van der Waals surface area (Å²) in [6, 6.07) is -0.770. The number of phosphoric ester groups is 1. The van der Waals surface area contributed by atoms with E-state index in [1.807, 2.05) is 21.1 Å². The van der Waals surface area contributed by atoms with Crippen molar-refractivity contribution in [3.63, 3.8) is 0 Å². The van der Waals surface area contributed by atoms with Gasteiger partial charge in [-0.25, -0.2) is 4.57 Å². The summed E-state index contributed by atoms with van der Waals surface area (Å²) in [5, 5.41) is 14.1. The molecule has 1 amide bonds. The lowest BCUT2D eigenvalue weighted by atomic mass is 10.0. The summed E-state index contributed by atoms with van der Waals surface area (Å²) >= 11 is 0. The van der Waals surface area contributed by atoms with E-state index in [4.69, 9.17) is 9.05 Å². The number of carbonyl (C=O) groups excluding carboxylic acids is 1. The van der Waals surface area contributed by atoms with Crippen molar-refractivity contribution in [1.29, 1.82) is 0 Å². The van der Waals surface area contributed by atoms with E-state index in [2.05, 4.69) is 67.8 Å². The van der Waals surface area contributed by atoms with Gasteiger partial charge in [0.15, 0.2) is 0 Å². The van der Waals surface area contributed by atoms with Crippen LogP contribution in [-0.4, -0.2) is 73.4 Å². The summed E-state index contributed by atoms with van der Waals surface area (Å²) < 4.78 is 23.8. The lowest BCUT2D eigenvalue weighted by molar-refractivity contribution is -0.870. The number of rotatable bonds is 50. The number of quaternary nitrogens is 1. The SMILES string of the molecule is CC/C=C\C/C=C\C/C=C\C/C=C\CCCCCCCCC(=O)NC(COP(=O)(O)OCC[N+](C)(C)C)C(O)CCCCCCCCCCCCCCCCCCCCCCCCCC. The lowest BCUT2D eigenvalue weighted by Crippen LogP contribution is -2.46. The van der Waals surface area contributed by atoms with Crippen LogP contribution in [0.4, 0.5) is 0 Å². The topological polar surface area (TPSA) is 105 Å². The molecule has 0 saturated heterocycles. The highest BCUT2D eigenvalue weighted by Crippen LogP contribution is 2.43. The van der Waals surface area contributed by atoms with Crippen molar-refractivity contribution in [3.8, 4) is 0 Å². The van der Waals surface area contributed by atoms with Gasteiger partial charge < -0.3 is 19.8 Å². The Kier molecular flexibility index (Phi) is 46.4. The Hall–Kier alpha value is -1.54. The van der Waals surface area contributed by atoms with E-state index in [0.29, 0.717) is 23.9 Å². The van der Waals surface area contributed by atoms with Crippen LogP contribution >= 0.6 is 7.82 Å². The predicted octanol–water partition coefficient (Wildman–Crippen LogP) is 16.4. The van der Waals surface area contributed by atoms with Crippen LogP contribution in [0, 0.1) is 0 Å². The average Bonchev–Trinajstić information content (AvgIpc) is 3.26. The van der Waals surface area contributed by atoms with Crippen molar-refractivity contribution >= 4 is 13.7 Å². The van der Waals surface area contributed by atoms with Gasteiger partial charge in [-0.2, -0.15) is 0 Å². The molecule has 0 rings (SSSR count). The van der Waals surface area contributed by atoms with Gasteiger partial charge in [0.05, 0.1) is 39.9 Å². The molecule has 0 aliphatic heterocycles. The number of carbonyl (C=O) groups is 1. The normalized spacial score (nSPS) is 14.4. The summed E-state index contributed by atoms with van der Waals surface area (Å²) in [7, 11) is 1.61. The Bertz CT molecular complexity index is 1200. The first-order valence-electron chi connectivity index (χ1n) is 27.5. The number of likely N-dealkylation sites (N-methyl/N-ethyl adjacent to an activating group) is 1. The van der Waals surface area contributed by atoms with Crippen molar-refractivity contribution in [2.75, 3.05) is 40.9 Å². The zero-order chi connectivity index (χ0) is 47.8. The number of hydrogen-bond acceptors (Lipinski definition) is 5. The van der Waals surface area contributed by atoms with E-state index >= 15 is 0 Å². The molecule has 0 spiro atoms. The molecule has 0 aromatic carbocycles. The molecule has 0 bridgehead atoms. The predicted molar refractivity (Wildman–Crippen MR) is 281 cm³/mol. The maximum atomic E-state index is 13.0. The van der Waals surface area contributed by atoms with E-state index in [9.17, 15) is 19.4 Å². The maximum Gasteiger partial charge on any atom is 0.472 e. The summed E-state index contributed by atoms with van der Waals surface area (Å²) in [4.78, 5) is 23.3. The van der Waals surface area contributed by atoms with Crippen molar-refractivity contribution in [1.82, 2.24) is 5.32 Å². The minimum atomic E-state index is -4.33. The van der Waals surface area contributed by atoms with E-state index in [1.165, 1.54) is 148 Å². The van der Waals surface area contributed by atoms with Gasteiger partial charge in [0.2, 0.25) is 5.91 Å². The molecule has 0 fully saturated rings. The minimum Gasteiger partial charge on any atom is -0.391 e. The quantitative estimate of drug-likeness (QED) is 0.0243. The number of hydrogen-bond donors (Lipinski definition) is 3. The third-order valence-electron chi connectivity index (χ3n) is 12.3. The van der Waals surface area contributed by atoms with Gasteiger partial charge in [-0.15, -0.1) is 0 Å². The molecule has 0 aromatic heterocycles. The maximum absolute atomic E-state index is 13.0. The second-order valence-electron chi connectivity index (χ2n) is 19.9. The van der Waals surface area contributed by atoms with Gasteiger partial charge in [0, 0.05) is 6.42 Å². The lowest BCUT2D eigenvalue weighted by Gasteiger charge is -2.26. The molecule has 3 N–H and O–H groups in total. The number of amides is 1. The molecule has 0 radical (unpaired) electrons. The van der Waals surface area contributed by atoms with Gasteiger partial charge >= 0.3 is 7.82 Å². The van der Waals surface area contributed by atoms with Crippen LogP contribution < -0.4 is 5.32 Å². The fourth-order valence-corrected chi connectivity index (χ4v) is 8.77.